The molecule has 1 heterocycles. The fourth-order valence-corrected chi connectivity index (χ4v) is 3.56. The van der Waals surface area contributed by atoms with E-state index >= 15 is 0 Å². The van der Waals surface area contributed by atoms with Gasteiger partial charge in [-0.15, -0.1) is 12.4 Å². The van der Waals surface area contributed by atoms with Crippen molar-refractivity contribution in [3.05, 3.63) is 59.7 Å². The van der Waals surface area contributed by atoms with Gasteiger partial charge >= 0.3 is 0 Å². The summed E-state index contributed by atoms with van der Waals surface area (Å²) in [5, 5.41) is 15.0. The molecule has 5 nitrogen and oxygen atoms in total. The molecule has 1 atom stereocenters. The normalized spacial score (nSPS) is 17.1. The van der Waals surface area contributed by atoms with Crippen LogP contribution in [0.15, 0.2) is 48.5 Å². The van der Waals surface area contributed by atoms with Gasteiger partial charge in [-0.05, 0) is 23.3 Å². The Kier molecular flexibility index (Phi) is 7.92. The average molecular weight is 394 g/mol. The molecule has 2 aromatic carbocycles. The number of nitrogens with one attached hydrogen (secondary N) is 1. The standard InChI is InChI=1S/C21H27NO4.ClH/c1-24-18-9-5-3-7-16(18)13-21(23,20-15-22-11-12-26-20)14-17-8-4-6-10-19(17)25-2;/h3-10,20,22-23H,11-15H2,1-2H3;1H. The molecule has 148 valence electrons. The Hall–Kier alpha value is -1.79. The van der Waals surface area contributed by atoms with Crippen LogP contribution in [0.4, 0.5) is 0 Å². The van der Waals surface area contributed by atoms with Crippen LogP contribution >= 0.6 is 12.4 Å². The molecule has 0 aliphatic carbocycles. The second kappa shape index (κ2) is 9.95. The quantitative estimate of drug-likeness (QED) is 0.757. The molecule has 1 aliphatic heterocycles. The van der Waals surface area contributed by atoms with Crippen molar-refractivity contribution >= 4 is 12.4 Å². The highest BCUT2D eigenvalue weighted by Crippen LogP contribution is 2.32. The summed E-state index contributed by atoms with van der Waals surface area (Å²) < 4.78 is 16.9. The van der Waals surface area contributed by atoms with Crippen molar-refractivity contribution < 1.29 is 19.3 Å². The lowest BCUT2D eigenvalue weighted by molar-refractivity contribution is -0.118. The molecule has 1 unspecified atom stereocenters. The summed E-state index contributed by atoms with van der Waals surface area (Å²) in [6.07, 6.45) is 0.550. The maximum Gasteiger partial charge on any atom is 0.122 e. The van der Waals surface area contributed by atoms with Crippen molar-refractivity contribution in [1.29, 1.82) is 0 Å². The van der Waals surface area contributed by atoms with Crippen LogP contribution in [-0.4, -0.2) is 50.7 Å². The number of hydrogen-bond acceptors (Lipinski definition) is 5. The average Bonchev–Trinajstić information content (AvgIpc) is 2.69. The Morgan fingerprint density at radius 1 is 1.00 bits per heavy atom. The number of morpholine rings is 1. The van der Waals surface area contributed by atoms with E-state index in [9.17, 15) is 5.11 Å². The van der Waals surface area contributed by atoms with Gasteiger partial charge in [0.05, 0.1) is 26.9 Å². The molecule has 1 fully saturated rings. The molecular weight excluding hydrogens is 366 g/mol. The van der Waals surface area contributed by atoms with Gasteiger partial charge in [0.15, 0.2) is 0 Å². The predicted molar refractivity (Wildman–Crippen MR) is 108 cm³/mol. The van der Waals surface area contributed by atoms with Gasteiger partial charge in [0.25, 0.3) is 0 Å². The number of halogens is 1. The summed E-state index contributed by atoms with van der Waals surface area (Å²) in [5.41, 5.74) is 0.833. The predicted octanol–water partition coefficient (Wildman–Crippen LogP) is 2.63. The molecule has 2 N–H and O–H groups in total. The third-order valence-corrected chi connectivity index (χ3v) is 4.91. The van der Waals surface area contributed by atoms with Gasteiger partial charge < -0.3 is 24.6 Å². The van der Waals surface area contributed by atoms with Crippen LogP contribution in [0.3, 0.4) is 0 Å². The SMILES string of the molecule is COc1ccccc1CC(O)(Cc1ccccc1OC)C1CNCCO1.Cl. The zero-order chi connectivity index (χ0) is 18.4. The Balaban J connectivity index is 0.00000261. The highest BCUT2D eigenvalue weighted by atomic mass is 35.5. The zero-order valence-electron chi connectivity index (χ0n) is 15.8. The molecular formula is C21H28ClNO4. The molecule has 0 radical (unpaired) electrons. The van der Waals surface area contributed by atoms with Crippen LogP contribution in [0, 0.1) is 0 Å². The molecule has 0 aromatic heterocycles. The summed E-state index contributed by atoms with van der Waals surface area (Å²) >= 11 is 0. The lowest BCUT2D eigenvalue weighted by atomic mass is 9.82. The van der Waals surface area contributed by atoms with Crippen LogP contribution in [0.5, 0.6) is 11.5 Å². The van der Waals surface area contributed by atoms with Crippen LogP contribution in [0.25, 0.3) is 0 Å². The molecule has 0 amide bonds. The van der Waals surface area contributed by atoms with E-state index in [4.69, 9.17) is 14.2 Å². The zero-order valence-corrected chi connectivity index (χ0v) is 16.6. The molecule has 1 aliphatic rings. The van der Waals surface area contributed by atoms with Crippen molar-refractivity contribution in [3.8, 4) is 11.5 Å². The number of benzene rings is 2. The highest BCUT2D eigenvalue weighted by molar-refractivity contribution is 5.85. The van der Waals surface area contributed by atoms with Gasteiger partial charge in [-0.3, -0.25) is 0 Å². The van der Waals surface area contributed by atoms with E-state index in [1.807, 2.05) is 48.5 Å². The Bertz CT molecular complexity index is 669. The summed E-state index contributed by atoms with van der Waals surface area (Å²) in [6.45, 7) is 2.00. The van der Waals surface area contributed by atoms with Gasteiger partial charge in [-0.2, -0.15) is 0 Å². The van der Waals surface area contributed by atoms with Crippen LogP contribution < -0.4 is 14.8 Å². The number of rotatable bonds is 7. The van der Waals surface area contributed by atoms with Gasteiger partial charge in [0, 0.05) is 25.9 Å². The number of ether oxygens (including phenoxy) is 3. The maximum atomic E-state index is 11.7. The first-order chi connectivity index (χ1) is 12.7. The number of methoxy groups -OCH3 is 2. The minimum Gasteiger partial charge on any atom is -0.496 e. The first-order valence-electron chi connectivity index (χ1n) is 8.95. The van der Waals surface area contributed by atoms with Crippen molar-refractivity contribution in [1.82, 2.24) is 5.32 Å². The van der Waals surface area contributed by atoms with E-state index in [0.29, 0.717) is 26.0 Å². The third-order valence-electron chi connectivity index (χ3n) is 4.91. The van der Waals surface area contributed by atoms with Crippen molar-refractivity contribution in [3.63, 3.8) is 0 Å². The molecule has 2 aromatic rings. The second-order valence-corrected chi connectivity index (χ2v) is 6.64. The molecule has 1 saturated heterocycles. The van der Waals surface area contributed by atoms with Gasteiger partial charge in [0.1, 0.15) is 17.1 Å². The third kappa shape index (κ3) is 5.14. The Morgan fingerprint density at radius 3 is 1.96 bits per heavy atom. The molecule has 3 rings (SSSR count). The monoisotopic (exact) mass is 393 g/mol. The van der Waals surface area contributed by atoms with Crippen molar-refractivity contribution in [2.24, 2.45) is 0 Å². The van der Waals surface area contributed by atoms with E-state index in [1.54, 1.807) is 14.2 Å². The summed E-state index contributed by atoms with van der Waals surface area (Å²) in [4.78, 5) is 0. The summed E-state index contributed by atoms with van der Waals surface area (Å²) in [6, 6.07) is 15.6. The minimum atomic E-state index is -1.09. The molecule has 27 heavy (non-hydrogen) atoms. The van der Waals surface area contributed by atoms with Crippen LogP contribution in [0.2, 0.25) is 0 Å². The van der Waals surface area contributed by atoms with Crippen LogP contribution in [0.1, 0.15) is 11.1 Å². The largest absolute Gasteiger partial charge is 0.496 e. The molecule has 0 spiro atoms. The van der Waals surface area contributed by atoms with E-state index in [2.05, 4.69) is 5.32 Å². The minimum absolute atomic E-state index is 0. The van der Waals surface area contributed by atoms with Crippen LogP contribution in [-0.2, 0) is 17.6 Å². The van der Waals surface area contributed by atoms with E-state index in [-0.39, 0.29) is 18.5 Å². The molecule has 0 bridgehead atoms. The molecule has 6 heteroatoms. The second-order valence-electron chi connectivity index (χ2n) is 6.64. The molecule has 0 saturated carbocycles. The van der Waals surface area contributed by atoms with Gasteiger partial charge in [-0.25, -0.2) is 0 Å². The summed E-state index contributed by atoms with van der Waals surface area (Å²) in [5.74, 6) is 1.55. The Morgan fingerprint density at radius 2 is 1.52 bits per heavy atom. The summed E-state index contributed by atoms with van der Waals surface area (Å²) in [7, 11) is 3.30. The first kappa shape index (κ1) is 21.5. The number of para-hydroxylation sites is 2. The van der Waals surface area contributed by atoms with E-state index in [0.717, 1.165) is 29.2 Å². The van der Waals surface area contributed by atoms with Crippen molar-refractivity contribution in [2.75, 3.05) is 33.9 Å². The van der Waals surface area contributed by atoms with Gasteiger partial charge in [0.2, 0.25) is 0 Å². The number of aliphatic hydroxyl groups is 1. The smallest absolute Gasteiger partial charge is 0.122 e. The fourth-order valence-electron chi connectivity index (χ4n) is 3.56. The maximum absolute atomic E-state index is 11.7. The highest BCUT2D eigenvalue weighted by Gasteiger charge is 2.40. The lowest BCUT2D eigenvalue weighted by Crippen LogP contribution is -2.55. The first-order valence-corrected chi connectivity index (χ1v) is 8.95. The lowest BCUT2D eigenvalue weighted by Gasteiger charge is -2.39. The fraction of sp³-hybridized carbons (Fsp3) is 0.429. The Labute approximate surface area is 167 Å². The van der Waals surface area contributed by atoms with Gasteiger partial charge in [-0.1, -0.05) is 36.4 Å². The topological polar surface area (TPSA) is 60.0 Å². The van der Waals surface area contributed by atoms with E-state index < -0.39 is 5.60 Å². The number of hydrogen-bond donors (Lipinski definition) is 2. The van der Waals surface area contributed by atoms with Crippen molar-refractivity contribution in [2.45, 2.75) is 24.5 Å². The van der Waals surface area contributed by atoms with E-state index in [1.165, 1.54) is 0 Å².